The number of halogens is 1. The number of carbonyl (C=O) groups is 1. The summed E-state index contributed by atoms with van der Waals surface area (Å²) in [5.41, 5.74) is 0.571. The minimum atomic E-state index is -0.353. The highest BCUT2D eigenvalue weighted by molar-refractivity contribution is 5.88. The molecule has 1 fully saturated rings. The number of urea groups is 1. The van der Waals surface area contributed by atoms with Crippen molar-refractivity contribution in [1.82, 2.24) is 15.4 Å². The SMILES string of the molecule is CN1CCC(NC(=O)Nc2cc(-c3cccc(F)c3)on2)CC1. The fourth-order valence-electron chi connectivity index (χ4n) is 2.60. The van der Waals surface area contributed by atoms with Crippen LogP contribution in [0.1, 0.15) is 12.8 Å². The van der Waals surface area contributed by atoms with Crippen LogP contribution < -0.4 is 10.6 Å². The Balaban J connectivity index is 1.57. The van der Waals surface area contributed by atoms with Gasteiger partial charge in [-0.05, 0) is 45.1 Å². The molecule has 2 N–H and O–H groups in total. The number of anilines is 1. The molecular formula is C16H19FN4O2. The van der Waals surface area contributed by atoms with Crippen LogP contribution >= 0.6 is 0 Å². The van der Waals surface area contributed by atoms with Crippen molar-refractivity contribution in [2.45, 2.75) is 18.9 Å². The normalized spacial score (nSPS) is 16.3. The molecule has 2 heterocycles. The molecule has 0 saturated carbocycles. The van der Waals surface area contributed by atoms with E-state index in [1.807, 2.05) is 0 Å². The van der Waals surface area contributed by atoms with Gasteiger partial charge in [-0.15, -0.1) is 0 Å². The highest BCUT2D eigenvalue weighted by atomic mass is 19.1. The fourth-order valence-corrected chi connectivity index (χ4v) is 2.60. The number of nitrogens with zero attached hydrogens (tertiary/aromatic N) is 2. The summed E-state index contributed by atoms with van der Waals surface area (Å²) in [6.45, 7) is 1.94. The van der Waals surface area contributed by atoms with Crippen molar-refractivity contribution >= 4 is 11.8 Å². The van der Waals surface area contributed by atoms with Crippen molar-refractivity contribution in [1.29, 1.82) is 0 Å². The van der Waals surface area contributed by atoms with E-state index >= 15 is 0 Å². The van der Waals surface area contributed by atoms with Crippen molar-refractivity contribution in [3.63, 3.8) is 0 Å². The van der Waals surface area contributed by atoms with Gasteiger partial charge in [0.05, 0.1) is 0 Å². The van der Waals surface area contributed by atoms with E-state index in [0.717, 1.165) is 25.9 Å². The van der Waals surface area contributed by atoms with Crippen LogP contribution in [-0.2, 0) is 0 Å². The first-order valence-corrected chi connectivity index (χ1v) is 7.59. The van der Waals surface area contributed by atoms with Crippen LogP contribution in [0.15, 0.2) is 34.9 Å². The third-order valence-electron chi connectivity index (χ3n) is 3.91. The molecule has 1 aliphatic rings. The summed E-state index contributed by atoms with van der Waals surface area (Å²) >= 11 is 0. The third-order valence-corrected chi connectivity index (χ3v) is 3.91. The molecule has 6 nitrogen and oxygen atoms in total. The van der Waals surface area contributed by atoms with Gasteiger partial charge in [0, 0.05) is 17.7 Å². The number of carbonyl (C=O) groups excluding carboxylic acids is 1. The van der Waals surface area contributed by atoms with Crippen molar-refractivity contribution in [3.8, 4) is 11.3 Å². The number of likely N-dealkylation sites (tertiary alicyclic amines) is 1. The first kappa shape index (κ1) is 15.5. The number of rotatable bonds is 3. The number of benzene rings is 1. The highest BCUT2D eigenvalue weighted by Gasteiger charge is 2.19. The van der Waals surface area contributed by atoms with E-state index in [9.17, 15) is 9.18 Å². The van der Waals surface area contributed by atoms with E-state index in [-0.39, 0.29) is 17.9 Å². The molecular weight excluding hydrogens is 299 g/mol. The number of piperidine rings is 1. The second-order valence-electron chi connectivity index (χ2n) is 5.76. The zero-order chi connectivity index (χ0) is 16.2. The van der Waals surface area contributed by atoms with Gasteiger partial charge in [-0.25, -0.2) is 9.18 Å². The zero-order valence-corrected chi connectivity index (χ0v) is 12.9. The summed E-state index contributed by atoms with van der Waals surface area (Å²) in [7, 11) is 2.07. The number of aromatic nitrogens is 1. The van der Waals surface area contributed by atoms with Crippen LogP contribution in [0.25, 0.3) is 11.3 Å². The third kappa shape index (κ3) is 4.07. The summed E-state index contributed by atoms with van der Waals surface area (Å²) < 4.78 is 18.4. The monoisotopic (exact) mass is 318 g/mol. The van der Waals surface area contributed by atoms with E-state index in [1.165, 1.54) is 12.1 Å². The number of hydrogen-bond acceptors (Lipinski definition) is 4. The first-order valence-electron chi connectivity index (χ1n) is 7.59. The minimum Gasteiger partial charge on any atom is -0.354 e. The highest BCUT2D eigenvalue weighted by Crippen LogP contribution is 2.23. The van der Waals surface area contributed by atoms with Gasteiger partial charge in [0.15, 0.2) is 11.6 Å². The van der Waals surface area contributed by atoms with Gasteiger partial charge in [0.2, 0.25) is 0 Å². The smallest absolute Gasteiger partial charge is 0.320 e. The maximum atomic E-state index is 13.2. The lowest BCUT2D eigenvalue weighted by Gasteiger charge is -2.29. The predicted molar refractivity (Wildman–Crippen MR) is 84.6 cm³/mol. The fraction of sp³-hybridized carbons (Fsp3) is 0.375. The molecule has 0 bridgehead atoms. The molecule has 122 valence electrons. The second-order valence-corrected chi connectivity index (χ2v) is 5.76. The lowest BCUT2D eigenvalue weighted by Crippen LogP contribution is -2.44. The van der Waals surface area contributed by atoms with Crippen LogP contribution in [-0.4, -0.2) is 42.3 Å². The van der Waals surface area contributed by atoms with Crippen molar-refractivity contribution < 1.29 is 13.7 Å². The Hall–Kier alpha value is -2.41. The van der Waals surface area contributed by atoms with Crippen molar-refractivity contribution in [3.05, 3.63) is 36.1 Å². The van der Waals surface area contributed by atoms with Gasteiger partial charge in [0.25, 0.3) is 0 Å². The van der Waals surface area contributed by atoms with E-state index < -0.39 is 0 Å². The summed E-state index contributed by atoms with van der Waals surface area (Å²) in [4.78, 5) is 14.2. The minimum absolute atomic E-state index is 0.167. The van der Waals surface area contributed by atoms with E-state index in [4.69, 9.17) is 4.52 Å². The average Bonchev–Trinajstić information content (AvgIpc) is 2.98. The van der Waals surface area contributed by atoms with Gasteiger partial charge >= 0.3 is 6.03 Å². The largest absolute Gasteiger partial charge is 0.354 e. The molecule has 2 amide bonds. The Morgan fingerprint density at radius 2 is 2.13 bits per heavy atom. The van der Waals surface area contributed by atoms with Crippen LogP contribution in [0.4, 0.5) is 15.0 Å². The number of nitrogens with one attached hydrogen (secondary N) is 2. The standard InChI is InChI=1S/C16H19FN4O2/c1-21-7-5-13(6-8-21)18-16(22)19-15-10-14(23-20-15)11-3-2-4-12(17)9-11/h2-4,9-10,13H,5-8H2,1H3,(H2,18,19,20,22). The molecule has 23 heavy (non-hydrogen) atoms. The average molecular weight is 318 g/mol. The summed E-state index contributed by atoms with van der Waals surface area (Å²) in [6, 6.07) is 7.44. The van der Waals surface area contributed by atoms with E-state index in [2.05, 4.69) is 27.7 Å². The van der Waals surface area contributed by atoms with Crippen LogP contribution in [0, 0.1) is 5.82 Å². The summed E-state index contributed by atoms with van der Waals surface area (Å²) in [5.74, 6) is 0.349. The van der Waals surface area contributed by atoms with Crippen molar-refractivity contribution in [2.24, 2.45) is 0 Å². The molecule has 0 unspecified atom stereocenters. The molecule has 1 saturated heterocycles. The van der Waals surface area contributed by atoms with Crippen LogP contribution in [0.2, 0.25) is 0 Å². The topological polar surface area (TPSA) is 70.4 Å². The van der Waals surface area contributed by atoms with Crippen LogP contribution in [0.3, 0.4) is 0 Å². The Kier molecular flexibility index (Phi) is 4.57. The molecule has 1 aromatic carbocycles. The quantitative estimate of drug-likeness (QED) is 0.913. The lowest BCUT2D eigenvalue weighted by molar-refractivity contribution is 0.221. The first-order chi connectivity index (χ1) is 11.1. The molecule has 0 aliphatic carbocycles. The Morgan fingerprint density at radius 3 is 2.87 bits per heavy atom. The van der Waals surface area contributed by atoms with E-state index in [1.54, 1.807) is 18.2 Å². The van der Waals surface area contributed by atoms with Gasteiger partial charge in [0.1, 0.15) is 5.82 Å². The molecule has 1 aliphatic heterocycles. The maximum Gasteiger partial charge on any atom is 0.320 e. The zero-order valence-electron chi connectivity index (χ0n) is 12.9. The Labute approximate surface area is 133 Å². The molecule has 7 heteroatoms. The molecule has 0 radical (unpaired) electrons. The number of hydrogen-bond donors (Lipinski definition) is 2. The lowest BCUT2D eigenvalue weighted by atomic mass is 10.1. The molecule has 3 rings (SSSR count). The Morgan fingerprint density at radius 1 is 1.35 bits per heavy atom. The molecule has 0 spiro atoms. The predicted octanol–water partition coefficient (Wildman–Crippen LogP) is 2.70. The van der Waals surface area contributed by atoms with Crippen LogP contribution in [0.5, 0.6) is 0 Å². The maximum absolute atomic E-state index is 13.2. The second kappa shape index (κ2) is 6.78. The van der Waals surface area contributed by atoms with Crippen molar-refractivity contribution in [2.75, 3.05) is 25.5 Å². The Bertz CT molecular complexity index is 680. The summed E-state index contributed by atoms with van der Waals surface area (Å²) in [5, 5.41) is 9.36. The van der Waals surface area contributed by atoms with E-state index in [0.29, 0.717) is 17.1 Å². The van der Waals surface area contributed by atoms with Gasteiger partial charge in [-0.2, -0.15) is 0 Å². The molecule has 2 aromatic rings. The summed E-state index contributed by atoms with van der Waals surface area (Å²) in [6.07, 6.45) is 1.86. The van der Waals surface area contributed by atoms with Gasteiger partial charge in [-0.3, -0.25) is 5.32 Å². The molecule has 0 atom stereocenters. The van der Waals surface area contributed by atoms with Gasteiger partial charge < -0.3 is 14.7 Å². The number of amides is 2. The van der Waals surface area contributed by atoms with Gasteiger partial charge in [-0.1, -0.05) is 17.3 Å². The molecule has 1 aromatic heterocycles.